The molecule has 1 unspecified atom stereocenters. The summed E-state index contributed by atoms with van der Waals surface area (Å²) in [6, 6.07) is 27.3. The Bertz CT molecular complexity index is 1840. The molecule has 1 aliphatic rings. The highest BCUT2D eigenvalue weighted by molar-refractivity contribution is 6.31. The van der Waals surface area contributed by atoms with E-state index in [0.717, 1.165) is 43.2 Å². The molecule has 0 spiro atoms. The number of aliphatic hydroxyl groups is 3. The van der Waals surface area contributed by atoms with Gasteiger partial charge in [-0.05, 0) is 61.9 Å². The Hall–Kier alpha value is -4.87. The Morgan fingerprint density at radius 3 is 2.34 bits per heavy atom. The van der Waals surface area contributed by atoms with E-state index in [4.69, 9.17) is 43.0 Å². The highest BCUT2D eigenvalue weighted by atomic mass is 35.5. The van der Waals surface area contributed by atoms with Crippen LogP contribution in [0.2, 0.25) is 5.15 Å². The second kappa shape index (κ2) is 21.4. The van der Waals surface area contributed by atoms with Crippen molar-refractivity contribution in [3.8, 4) is 5.75 Å². The fourth-order valence-corrected chi connectivity index (χ4v) is 6.32. The lowest BCUT2D eigenvalue weighted by atomic mass is 10.0. The van der Waals surface area contributed by atoms with Crippen molar-refractivity contribution in [1.82, 2.24) is 20.2 Å². The molecule has 3 aromatic carbocycles. The lowest BCUT2D eigenvalue weighted by molar-refractivity contribution is -0.283. The Morgan fingerprint density at radius 2 is 1.61 bits per heavy atom. The third-order valence-electron chi connectivity index (χ3n) is 9.23. The van der Waals surface area contributed by atoms with Crippen LogP contribution in [0.15, 0.2) is 89.9 Å². The molecular formula is C40H51ClN8O7. The third-order valence-corrected chi connectivity index (χ3v) is 9.50. The van der Waals surface area contributed by atoms with Gasteiger partial charge in [0.05, 0.1) is 12.7 Å². The summed E-state index contributed by atoms with van der Waals surface area (Å²) in [7, 11) is 0. The van der Waals surface area contributed by atoms with Gasteiger partial charge in [-0.1, -0.05) is 84.4 Å². The van der Waals surface area contributed by atoms with Crippen LogP contribution in [0.1, 0.15) is 52.7 Å². The normalized spacial score (nSPS) is 18.4. The van der Waals surface area contributed by atoms with Crippen LogP contribution in [0.4, 0.5) is 11.6 Å². The van der Waals surface area contributed by atoms with Crippen LogP contribution in [-0.2, 0) is 22.3 Å². The van der Waals surface area contributed by atoms with Gasteiger partial charge in [-0.15, -0.1) is 0 Å². The lowest BCUT2D eigenvalue weighted by Crippen LogP contribution is -2.54. The molecule has 5 atom stereocenters. The van der Waals surface area contributed by atoms with Crippen molar-refractivity contribution in [1.29, 1.82) is 0 Å². The molecule has 10 N–H and O–H groups in total. The van der Waals surface area contributed by atoms with Crippen molar-refractivity contribution in [3.63, 3.8) is 0 Å². The molecule has 300 valence electrons. The summed E-state index contributed by atoms with van der Waals surface area (Å²) < 4.78 is 17.7. The first-order valence-corrected chi connectivity index (χ1v) is 19.0. The van der Waals surface area contributed by atoms with E-state index < -0.39 is 36.6 Å². The van der Waals surface area contributed by atoms with Crippen molar-refractivity contribution >= 4 is 35.1 Å². The van der Waals surface area contributed by atoms with Crippen LogP contribution in [0.3, 0.4) is 0 Å². The van der Waals surface area contributed by atoms with E-state index in [9.17, 15) is 20.1 Å². The third kappa shape index (κ3) is 12.8. The van der Waals surface area contributed by atoms with Gasteiger partial charge in [0.1, 0.15) is 30.7 Å². The summed E-state index contributed by atoms with van der Waals surface area (Å²) in [6.07, 6.45) is -1.33. The second-order valence-electron chi connectivity index (χ2n) is 13.5. The minimum atomic E-state index is -1.34. The first-order chi connectivity index (χ1) is 27.1. The molecule has 15 nitrogen and oxygen atoms in total. The fraction of sp³-hybridized carbons (Fsp3) is 0.400. The minimum absolute atomic E-state index is 0.0254. The number of aliphatic hydroxyl groups excluding tert-OH is 3. The highest BCUT2D eigenvalue weighted by Gasteiger charge is 2.39. The Labute approximate surface area is 331 Å². The first kappa shape index (κ1) is 42.3. The smallest absolute Gasteiger partial charge is 0.280 e. The molecule has 2 heterocycles. The number of unbranched alkanes of at least 4 members (excludes halogenated alkanes) is 1. The average Bonchev–Trinajstić information content (AvgIpc) is 3.20. The number of hydrogen-bond donors (Lipinski definition) is 7. The summed E-state index contributed by atoms with van der Waals surface area (Å²) in [5, 5.41) is 35.3. The van der Waals surface area contributed by atoms with Crippen LogP contribution < -0.4 is 27.3 Å². The second-order valence-corrected chi connectivity index (χ2v) is 13.9. The van der Waals surface area contributed by atoms with E-state index in [1.54, 1.807) is 0 Å². The van der Waals surface area contributed by atoms with Crippen molar-refractivity contribution in [2.24, 2.45) is 10.7 Å². The Morgan fingerprint density at radius 1 is 0.929 bits per heavy atom. The molecule has 4 aromatic rings. The zero-order valence-corrected chi connectivity index (χ0v) is 31.9. The number of benzene rings is 3. The van der Waals surface area contributed by atoms with Gasteiger partial charge >= 0.3 is 0 Å². The number of aromatic nitrogens is 2. The predicted octanol–water partition coefficient (Wildman–Crippen LogP) is 2.87. The van der Waals surface area contributed by atoms with Crippen molar-refractivity contribution < 1.29 is 34.3 Å². The van der Waals surface area contributed by atoms with E-state index >= 15 is 0 Å². The van der Waals surface area contributed by atoms with E-state index in [2.05, 4.69) is 37.3 Å². The van der Waals surface area contributed by atoms with Crippen LogP contribution in [0.5, 0.6) is 5.75 Å². The maximum Gasteiger partial charge on any atom is 0.280 e. The summed E-state index contributed by atoms with van der Waals surface area (Å²) in [4.78, 5) is 26.3. The average molecular weight is 791 g/mol. The minimum Gasteiger partial charge on any atom is -0.492 e. The summed E-state index contributed by atoms with van der Waals surface area (Å²) in [6.45, 7) is 2.06. The number of aryl methyl sites for hydroxylation is 2. The van der Waals surface area contributed by atoms with Crippen LogP contribution in [0.25, 0.3) is 0 Å². The molecule has 0 aliphatic carbocycles. The van der Waals surface area contributed by atoms with Gasteiger partial charge in [0.2, 0.25) is 0 Å². The van der Waals surface area contributed by atoms with Gasteiger partial charge < -0.3 is 46.7 Å². The number of nitrogens with one attached hydrogen (secondary N) is 1. The Balaban J connectivity index is 1.06. The van der Waals surface area contributed by atoms with Crippen molar-refractivity contribution in [2.45, 2.75) is 62.8 Å². The molecule has 1 fully saturated rings. The van der Waals surface area contributed by atoms with E-state index in [0.29, 0.717) is 32.0 Å². The van der Waals surface area contributed by atoms with Gasteiger partial charge in [0.25, 0.3) is 5.91 Å². The van der Waals surface area contributed by atoms with Crippen molar-refractivity contribution in [2.75, 3.05) is 50.9 Å². The molecule has 1 aliphatic heterocycles. The van der Waals surface area contributed by atoms with E-state index in [1.807, 2.05) is 72.8 Å². The maximum atomic E-state index is 12.4. The lowest BCUT2D eigenvalue weighted by Gasteiger charge is -2.38. The largest absolute Gasteiger partial charge is 0.492 e. The molecule has 0 saturated carbocycles. The number of hydrogen-bond acceptors (Lipinski definition) is 13. The fourth-order valence-electron chi connectivity index (χ4n) is 6.19. The summed E-state index contributed by atoms with van der Waals surface area (Å²) >= 11 is 5.84. The molecular weight excluding hydrogens is 740 g/mol. The van der Waals surface area contributed by atoms with E-state index in [1.165, 1.54) is 5.56 Å². The molecule has 0 bridgehead atoms. The monoisotopic (exact) mass is 790 g/mol. The number of carbonyl (C=O) groups is 1. The first-order valence-electron chi connectivity index (χ1n) is 18.6. The molecule has 16 heteroatoms. The zero-order chi connectivity index (χ0) is 39.9. The maximum absolute atomic E-state index is 12.4. The molecule has 56 heavy (non-hydrogen) atoms. The summed E-state index contributed by atoms with van der Waals surface area (Å²) in [5.41, 5.74) is 20.0. The molecule has 1 aromatic heterocycles. The van der Waals surface area contributed by atoms with Gasteiger partial charge in [-0.25, -0.2) is 9.97 Å². The van der Waals surface area contributed by atoms with Gasteiger partial charge in [-0.2, -0.15) is 0 Å². The number of rotatable bonds is 19. The number of aliphatic imine (C=N–C) groups is 1. The number of nitrogen functional groups attached to an aromatic ring is 2. The number of guanidine groups is 1. The number of ether oxygens (including phenoxy) is 3. The van der Waals surface area contributed by atoms with Crippen LogP contribution >= 0.6 is 11.6 Å². The SMILES string of the molecule is NC(=NCCCCc1ccc(OCCN(CCCc2ccccc2)C[C@H](O)[C@@H](O)[C@@H]2OC(c3ccccc3)OC[C@H]2O)cc1)NC(=O)c1nc(Cl)c(N)nc1N. The topological polar surface area (TPSA) is 237 Å². The number of anilines is 2. The molecule has 1 saturated heterocycles. The summed E-state index contributed by atoms with van der Waals surface area (Å²) in [5.74, 6) is -0.296. The predicted molar refractivity (Wildman–Crippen MR) is 214 cm³/mol. The van der Waals surface area contributed by atoms with Gasteiger partial charge in [-0.3, -0.25) is 20.0 Å². The van der Waals surface area contributed by atoms with Gasteiger partial charge in [0.15, 0.2) is 34.7 Å². The van der Waals surface area contributed by atoms with Crippen molar-refractivity contribution in [3.05, 3.63) is 112 Å². The quantitative estimate of drug-likeness (QED) is 0.0412. The van der Waals surface area contributed by atoms with Gasteiger partial charge in [0, 0.05) is 25.2 Å². The molecule has 5 rings (SSSR count). The Kier molecular flexibility index (Phi) is 16.2. The van der Waals surface area contributed by atoms with E-state index in [-0.39, 0.29) is 41.6 Å². The number of nitrogens with two attached hydrogens (primary N) is 3. The standard InChI is InChI=1S/C40H51ClN8O7/c41-35-37(43)47-36(42)32(46-35)38(53)48-40(44)45-20-8-7-12-27-16-18-29(19-17-27)54-23-22-49(21-9-13-26-10-3-1-4-11-26)24-30(50)33(52)34-31(51)25-55-39(56-34)28-14-5-2-6-15-28/h1-6,10-11,14-19,30-31,33-34,39,50-52H,7-9,12-13,20-25H2,(H4,42,43,47)(H3,44,45,48,53)/t30-,31+,33+,34+,39?/m0/s1. The highest BCUT2D eigenvalue weighted by Crippen LogP contribution is 2.29. The number of nitrogens with zero attached hydrogens (tertiary/aromatic N) is 4. The number of carbonyl (C=O) groups excluding carboxylic acids is 1. The van der Waals surface area contributed by atoms with Crippen LogP contribution in [0, 0.1) is 0 Å². The molecule has 1 amide bonds. The number of halogens is 1. The molecule has 0 radical (unpaired) electrons. The number of amides is 1. The van der Waals surface area contributed by atoms with Crippen LogP contribution in [-0.4, -0.2) is 106 Å². The zero-order valence-electron chi connectivity index (χ0n) is 31.1.